The Morgan fingerprint density at radius 1 is 1.47 bits per heavy atom. The van der Waals surface area contributed by atoms with E-state index in [1.165, 1.54) is 12.8 Å². The SMILES string of the molecule is N#CCc1ccc(Br)c(OCC2CC2)c1. The van der Waals surface area contributed by atoms with Crippen LogP contribution in [0.1, 0.15) is 18.4 Å². The molecule has 3 heteroatoms. The van der Waals surface area contributed by atoms with Crippen LogP contribution in [0, 0.1) is 17.2 Å². The van der Waals surface area contributed by atoms with Crippen molar-refractivity contribution < 1.29 is 4.74 Å². The molecule has 0 amide bonds. The van der Waals surface area contributed by atoms with Crippen molar-refractivity contribution in [2.24, 2.45) is 5.92 Å². The third-order valence-corrected chi connectivity index (χ3v) is 3.11. The molecule has 0 spiro atoms. The summed E-state index contributed by atoms with van der Waals surface area (Å²) in [5, 5.41) is 8.61. The number of hydrogen-bond acceptors (Lipinski definition) is 2. The number of ether oxygens (including phenoxy) is 1. The Bertz CT molecular complexity index is 393. The maximum Gasteiger partial charge on any atom is 0.133 e. The molecular weight excluding hydrogens is 254 g/mol. The number of hydrogen-bond donors (Lipinski definition) is 0. The molecule has 0 saturated heterocycles. The highest BCUT2D eigenvalue weighted by molar-refractivity contribution is 9.10. The normalized spacial score (nSPS) is 14.7. The smallest absolute Gasteiger partial charge is 0.133 e. The van der Waals surface area contributed by atoms with E-state index >= 15 is 0 Å². The van der Waals surface area contributed by atoms with Crippen LogP contribution in [0.2, 0.25) is 0 Å². The maximum atomic E-state index is 8.61. The van der Waals surface area contributed by atoms with Crippen LogP contribution in [0.4, 0.5) is 0 Å². The second-order valence-corrected chi connectivity index (χ2v) is 4.71. The lowest BCUT2D eigenvalue weighted by molar-refractivity contribution is 0.298. The molecule has 78 valence electrons. The quantitative estimate of drug-likeness (QED) is 0.837. The Hall–Kier alpha value is -1.01. The van der Waals surface area contributed by atoms with E-state index in [0.29, 0.717) is 6.42 Å². The molecule has 1 aliphatic rings. The zero-order valence-corrected chi connectivity index (χ0v) is 9.96. The van der Waals surface area contributed by atoms with Gasteiger partial charge in [-0.1, -0.05) is 6.07 Å². The minimum Gasteiger partial charge on any atom is -0.492 e. The lowest BCUT2D eigenvalue weighted by Crippen LogP contribution is -2.00. The van der Waals surface area contributed by atoms with Crippen molar-refractivity contribution in [2.75, 3.05) is 6.61 Å². The predicted octanol–water partition coefficient (Wildman–Crippen LogP) is 3.30. The average molecular weight is 266 g/mol. The summed E-state index contributed by atoms with van der Waals surface area (Å²) in [7, 11) is 0. The van der Waals surface area contributed by atoms with Gasteiger partial charge in [0.2, 0.25) is 0 Å². The van der Waals surface area contributed by atoms with Gasteiger partial charge in [0.25, 0.3) is 0 Å². The van der Waals surface area contributed by atoms with E-state index in [1.54, 1.807) is 0 Å². The summed E-state index contributed by atoms with van der Waals surface area (Å²) in [6.07, 6.45) is 3.01. The lowest BCUT2D eigenvalue weighted by Gasteiger charge is -2.08. The third-order valence-electron chi connectivity index (χ3n) is 2.45. The monoisotopic (exact) mass is 265 g/mol. The molecule has 2 rings (SSSR count). The van der Waals surface area contributed by atoms with Gasteiger partial charge in [-0.2, -0.15) is 5.26 Å². The predicted molar refractivity (Wildman–Crippen MR) is 61.7 cm³/mol. The van der Waals surface area contributed by atoms with Gasteiger partial charge >= 0.3 is 0 Å². The van der Waals surface area contributed by atoms with Gasteiger partial charge in [0.1, 0.15) is 5.75 Å². The summed E-state index contributed by atoms with van der Waals surface area (Å²) in [4.78, 5) is 0. The summed E-state index contributed by atoms with van der Waals surface area (Å²) in [6.45, 7) is 0.800. The first kappa shape index (κ1) is 10.5. The van der Waals surface area contributed by atoms with Crippen molar-refractivity contribution in [1.29, 1.82) is 5.26 Å². The van der Waals surface area contributed by atoms with E-state index in [1.807, 2.05) is 18.2 Å². The fourth-order valence-electron chi connectivity index (χ4n) is 1.35. The number of benzene rings is 1. The van der Waals surface area contributed by atoms with E-state index in [-0.39, 0.29) is 0 Å². The molecule has 1 aromatic carbocycles. The van der Waals surface area contributed by atoms with Crippen LogP contribution in [0.5, 0.6) is 5.75 Å². The first-order valence-corrected chi connectivity index (χ1v) is 5.87. The first-order chi connectivity index (χ1) is 7.29. The first-order valence-electron chi connectivity index (χ1n) is 5.08. The van der Waals surface area contributed by atoms with Crippen molar-refractivity contribution in [2.45, 2.75) is 19.3 Å². The van der Waals surface area contributed by atoms with Gasteiger partial charge in [0.15, 0.2) is 0 Å². The Morgan fingerprint density at radius 2 is 2.27 bits per heavy atom. The van der Waals surface area contributed by atoms with E-state index in [2.05, 4.69) is 22.0 Å². The van der Waals surface area contributed by atoms with Gasteiger partial charge in [0, 0.05) is 0 Å². The number of rotatable bonds is 4. The second kappa shape index (κ2) is 4.67. The van der Waals surface area contributed by atoms with Gasteiger partial charge in [-0.15, -0.1) is 0 Å². The van der Waals surface area contributed by atoms with Crippen LogP contribution in [0.15, 0.2) is 22.7 Å². The van der Waals surface area contributed by atoms with Gasteiger partial charge in [-0.05, 0) is 52.4 Å². The van der Waals surface area contributed by atoms with Crippen LogP contribution in [0.3, 0.4) is 0 Å². The van der Waals surface area contributed by atoms with Crippen molar-refractivity contribution >= 4 is 15.9 Å². The number of nitrogens with zero attached hydrogens (tertiary/aromatic N) is 1. The molecule has 1 aliphatic carbocycles. The topological polar surface area (TPSA) is 33.0 Å². The van der Waals surface area contributed by atoms with Gasteiger partial charge in [-0.3, -0.25) is 0 Å². The molecule has 0 heterocycles. The van der Waals surface area contributed by atoms with Crippen molar-refractivity contribution in [3.63, 3.8) is 0 Å². The van der Waals surface area contributed by atoms with E-state index < -0.39 is 0 Å². The standard InChI is InChI=1S/C12H12BrNO/c13-11-4-3-9(5-6-14)7-12(11)15-8-10-1-2-10/h3-4,7,10H,1-2,5,8H2. The summed E-state index contributed by atoms with van der Waals surface area (Å²) in [5.41, 5.74) is 1.01. The molecule has 1 saturated carbocycles. The third kappa shape index (κ3) is 2.97. The zero-order valence-electron chi connectivity index (χ0n) is 8.37. The van der Waals surface area contributed by atoms with E-state index in [4.69, 9.17) is 10.00 Å². The Balaban J connectivity index is 2.05. The Kier molecular flexibility index (Phi) is 3.27. The van der Waals surface area contributed by atoms with Gasteiger partial charge in [0.05, 0.1) is 23.6 Å². The maximum absolute atomic E-state index is 8.61. The van der Waals surface area contributed by atoms with Crippen molar-refractivity contribution in [3.05, 3.63) is 28.2 Å². The molecule has 0 bridgehead atoms. The molecule has 0 radical (unpaired) electrons. The molecule has 1 fully saturated rings. The molecule has 0 atom stereocenters. The average Bonchev–Trinajstić information content (AvgIpc) is 3.03. The van der Waals surface area contributed by atoms with Gasteiger partial charge in [-0.25, -0.2) is 0 Å². The molecule has 1 aromatic rings. The lowest BCUT2D eigenvalue weighted by atomic mass is 10.1. The zero-order chi connectivity index (χ0) is 10.7. The molecule has 0 unspecified atom stereocenters. The van der Waals surface area contributed by atoms with Crippen molar-refractivity contribution in [1.82, 2.24) is 0 Å². The highest BCUT2D eigenvalue weighted by Crippen LogP contribution is 2.32. The Labute approximate surface area is 98.0 Å². The second-order valence-electron chi connectivity index (χ2n) is 3.85. The van der Waals surface area contributed by atoms with Crippen LogP contribution in [-0.2, 0) is 6.42 Å². The van der Waals surface area contributed by atoms with Crippen molar-refractivity contribution in [3.8, 4) is 11.8 Å². The summed E-state index contributed by atoms with van der Waals surface area (Å²) in [5.74, 6) is 1.60. The fraction of sp³-hybridized carbons (Fsp3) is 0.417. The van der Waals surface area contributed by atoms with Crippen LogP contribution in [0.25, 0.3) is 0 Å². The number of halogens is 1. The molecule has 0 N–H and O–H groups in total. The summed E-state index contributed by atoms with van der Waals surface area (Å²) < 4.78 is 6.65. The number of nitriles is 1. The summed E-state index contributed by atoms with van der Waals surface area (Å²) >= 11 is 3.44. The molecule has 15 heavy (non-hydrogen) atoms. The molecule has 0 aliphatic heterocycles. The highest BCUT2D eigenvalue weighted by atomic mass is 79.9. The van der Waals surface area contributed by atoms with Crippen LogP contribution >= 0.6 is 15.9 Å². The summed E-state index contributed by atoms with van der Waals surface area (Å²) in [6, 6.07) is 7.96. The Morgan fingerprint density at radius 3 is 2.93 bits per heavy atom. The highest BCUT2D eigenvalue weighted by Gasteiger charge is 2.22. The minimum absolute atomic E-state index is 0.438. The van der Waals surface area contributed by atoms with Crippen LogP contribution < -0.4 is 4.74 Å². The van der Waals surface area contributed by atoms with Gasteiger partial charge < -0.3 is 4.74 Å². The minimum atomic E-state index is 0.438. The molecule has 0 aromatic heterocycles. The largest absolute Gasteiger partial charge is 0.492 e. The molecule has 2 nitrogen and oxygen atoms in total. The van der Waals surface area contributed by atoms with E-state index in [0.717, 1.165) is 28.3 Å². The van der Waals surface area contributed by atoms with E-state index in [9.17, 15) is 0 Å². The fourth-order valence-corrected chi connectivity index (χ4v) is 1.71. The van der Waals surface area contributed by atoms with Crippen LogP contribution in [-0.4, -0.2) is 6.61 Å². The molecular formula is C12H12BrNO.